The average Bonchev–Trinajstić information content (AvgIpc) is 2.37. The first-order chi connectivity index (χ1) is 10.2. The molecule has 0 rings (SSSR count). The van der Waals surface area contributed by atoms with E-state index in [1.807, 2.05) is 0 Å². The molecule has 9 nitrogen and oxygen atoms in total. The molecule has 0 aromatic carbocycles. The van der Waals surface area contributed by atoms with Crippen molar-refractivity contribution >= 4 is 30.2 Å². The van der Waals surface area contributed by atoms with Crippen LogP contribution in [-0.4, -0.2) is 55.1 Å². The summed E-state index contributed by atoms with van der Waals surface area (Å²) in [5.41, 5.74) is 0. The van der Waals surface area contributed by atoms with E-state index in [4.69, 9.17) is 18.9 Å². The number of carbonyl (C=O) groups is 5. The summed E-state index contributed by atoms with van der Waals surface area (Å²) >= 11 is 0. The third kappa shape index (κ3) is 7.98. The fraction of sp³-hybridized carbons (Fsp3) is 0.615. The van der Waals surface area contributed by atoms with Gasteiger partial charge in [0.15, 0.2) is 24.6 Å². The fourth-order valence-corrected chi connectivity index (χ4v) is 1.52. The largest absolute Gasteiger partial charge is 0.462 e. The van der Waals surface area contributed by atoms with Gasteiger partial charge in [-0.05, 0) is 0 Å². The fourth-order valence-electron chi connectivity index (χ4n) is 1.52. The van der Waals surface area contributed by atoms with Crippen molar-refractivity contribution in [2.45, 2.75) is 46.0 Å². The van der Waals surface area contributed by atoms with Gasteiger partial charge in [-0.2, -0.15) is 0 Å². The van der Waals surface area contributed by atoms with E-state index < -0.39 is 48.8 Å². The Kier molecular flexibility index (Phi) is 8.42. The minimum Gasteiger partial charge on any atom is -0.462 e. The van der Waals surface area contributed by atoms with Crippen LogP contribution < -0.4 is 0 Å². The Balaban J connectivity index is 5.35. The molecule has 0 N–H and O–H groups in total. The zero-order valence-electron chi connectivity index (χ0n) is 12.7. The van der Waals surface area contributed by atoms with E-state index in [2.05, 4.69) is 0 Å². The Labute approximate surface area is 126 Å². The highest BCUT2D eigenvalue weighted by molar-refractivity contribution is 5.72. The van der Waals surface area contributed by atoms with Crippen LogP contribution in [0, 0.1) is 0 Å². The van der Waals surface area contributed by atoms with Crippen molar-refractivity contribution < 1.29 is 42.9 Å². The summed E-state index contributed by atoms with van der Waals surface area (Å²) < 4.78 is 19.2. The molecule has 0 radical (unpaired) electrons. The Hall–Kier alpha value is -2.45. The van der Waals surface area contributed by atoms with Crippen LogP contribution in [0.15, 0.2) is 0 Å². The molecule has 0 amide bonds. The quantitative estimate of drug-likeness (QED) is 0.332. The van der Waals surface area contributed by atoms with Gasteiger partial charge < -0.3 is 18.9 Å². The van der Waals surface area contributed by atoms with Gasteiger partial charge >= 0.3 is 23.9 Å². The number of hydrogen-bond acceptors (Lipinski definition) is 9. The maximum Gasteiger partial charge on any atom is 0.303 e. The van der Waals surface area contributed by atoms with Crippen molar-refractivity contribution in [3.05, 3.63) is 0 Å². The summed E-state index contributed by atoms with van der Waals surface area (Å²) in [6.45, 7) is 3.83. The van der Waals surface area contributed by atoms with E-state index in [9.17, 15) is 24.0 Å². The molecule has 0 aromatic heterocycles. The molecule has 0 aliphatic rings. The highest BCUT2D eigenvalue weighted by atomic mass is 16.6. The molecule has 0 fully saturated rings. The van der Waals surface area contributed by atoms with Crippen molar-refractivity contribution in [2.75, 3.05) is 6.61 Å². The normalized spacial score (nSPS) is 14.0. The Bertz CT molecular complexity index is 443. The molecular weight excluding hydrogens is 300 g/mol. The maximum absolute atomic E-state index is 11.2. The first-order valence-corrected chi connectivity index (χ1v) is 6.27. The average molecular weight is 318 g/mol. The van der Waals surface area contributed by atoms with Crippen LogP contribution in [0.4, 0.5) is 0 Å². The molecule has 22 heavy (non-hydrogen) atoms. The van der Waals surface area contributed by atoms with Crippen LogP contribution in [0.2, 0.25) is 0 Å². The van der Waals surface area contributed by atoms with Gasteiger partial charge in [0.1, 0.15) is 6.61 Å². The maximum atomic E-state index is 11.2. The van der Waals surface area contributed by atoms with Crippen LogP contribution >= 0.6 is 0 Å². The number of rotatable bonds is 8. The van der Waals surface area contributed by atoms with Crippen molar-refractivity contribution in [3.8, 4) is 0 Å². The lowest BCUT2D eigenvalue weighted by molar-refractivity contribution is -0.188. The van der Waals surface area contributed by atoms with Gasteiger partial charge in [0.2, 0.25) is 0 Å². The summed E-state index contributed by atoms with van der Waals surface area (Å²) in [7, 11) is 0. The van der Waals surface area contributed by atoms with Crippen molar-refractivity contribution in [2.24, 2.45) is 0 Å². The Morgan fingerprint density at radius 3 is 1.68 bits per heavy atom. The predicted molar refractivity (Wildman–Crippen MR) is 69.4 cm³/mol. The van der Waals surface area contributed by atoms with Gasteiger partial charge in [0, 0.05) is 27.7 Å². The van der Waals surface area contributed by atoms with Crippen molar-refractivity contribution in [1.29, 1.82) is 0 Å². The standard InChI is InChI=1S/C13H18O9/c1-7(15)19-6-12(21-9(3)17)13(22-10(4)18)11(5-14)20-8(2)16/h5,11-13H,6H2,1-4H3/t11-,12-,13+/m1/s1. The summed E-state index contributed by atoms with van der Waals surface area (Å²) in [6, 6.07) is 0. The Morgan fingerprint density at radius 1 is 0.818 bits per heavy atom. The molecule has 0 aliphatic carbocycles. The van der Waals surface area contributed by atoms with E-state index in [0.29, 0.717) is 0 Å². The minimum atomic E-state index is -1.51. The third-order valence-corrected chi connectivity index (χ3v) is 2.20. The summed E-state index contributed by atoms with van der Waals surface area (Å²) in [6.07, 6.45) is -4.04. The molecule has 0 unspecified atom stereocenters. The van der Waals surface area contributed by atoms with Crippen molar-refractivity contribution in [1.82, 2.24) is 0 Å². The van der Waals surface area contributed by atoms with Gasteiger partial charge in [-0.1, -0.05) is 0 Å². The van der Waals surface area contributed by atoms with Crippen LogP contribution in [-0.2, 0) is 42.9 Å². The van der Waals surface area contributed by atoms with E-state index in [0.717, 1.165) is 27.7 Å². The van der Waals surface area contributed by atoms with E-state index in [1.54, 1.807) is 0 Å². The summed E-state index contributed by atoms with van der Waals surface area (Å²) in [5, 5.41) is 0. The number of carbonyl (C=O) groups excluding carboxylic acids is 5. The molecule has 0 saturated heterocycles. The van der Waals surface area contributed by atoms with Crippen LogP contribution in [0.5, 0.6) is 0 Å². The van der Waals surface area contributed by atoms with E-state index in [1.165, 1.54) is 0 Å². The number of hydrogen-bond donors (Lipinski definition) is 0. The smallest absolute Gasteiger partial charge is 0.303 e. The van der Waals surface area contributed by atoms with E-state index in [-0.39, 0.29) is 6.29 Å². The van der Waals surface area contributed by atoms with Crippen molar-refractivity contribution in [3.63, 3.8) is 0 Å². The predicted octanol–water partition coefficient (Wildman–Crippen LogP) is -0.456. The monoisotopic (exact) mass is 318 g/mol. The zero-order valence-corrected chi connectivity index (χ0v) is 12.7. The minimum absolute atomic E-state index is 0.221. The highest BCUT2D eigenvalue weighted by Gasteiger charge is 2.37. The zero-order chi connectivity index (χ0) is 17.3. The first-order valence-electron chi connectivity index (χ1n) is 6.27. The SMILES string of the molecule is CC(=O)OC[C@@H](OC(C)=O)[C@@H](OC(C)=O)[C@@H](C=O)OC(C)=O. The number of ether oxygens (including phenoxy) is 4. The molecular formula is C13H18O9. The first kappa shape index (κ1) is 19.6. The second-order valence-electron chi connectivity index (χ2n) is 4.23. The lowest BCUT2D eigenvalue weighted by Gasteiger charge is -2.28. The molecule has 9 heteroatoms. The highest BCUT2D eigenvalue weighted by Crippen LogP contribution is 2.13. The second-order valence-corrected chi connectivity index (χ2v) is 4.23. The number of esters is 4. The molecule has 0 bridgehead atoms. The molecule has 0 aromatic rings. The van der Waals surface area contributed by atoms with Gasteiger partial charge in [-0.25, -0.2) is 0 Å². The van der Waals surface area contributed by atoms with Gasteiger partial charge in [0.25, 0.3) is 0 Å². The summed E-state index contributed by atoms with van der Waals surface area (Å²) in [5.74, 6) is -3.04. The van der Waals surface area contributed by atoms with Crippen LogP contribution in [0.3, 0.4) is 0 Å². The topological polar surface area (TPSA) is 122 Å². The van der Waals surface area contributed by atoms with Gasteiger partial charge in [-0.15, -0.1) is 0 Å². The molecule has 3 atom stereocenters. The van der Waals surface area contributed by atoms with E-state index >= 15 is 0 Å². The van der Waals surface area contributed by atoms with Gasteiger partial charge in [0.05, 0.1) is 0 Å². The molecule has 0 saturated carbocycles. The molecule has 0 spiro atoms. The van der Waals surface area contributed by atoms with Crippen LogP contribution in [0.1, 0.15) is 27.7 Å². The third-order valence-electron chi connectivity index (χ3n) is 2.20. The van der Waals surface area contributed by atoms with Crippen LogP contribution in [0.25, 0.3) is 0 Å². The van der Waals surface area contributed by atoms with Gasteiger partial charge in [-0.3, -0.25) is 24.0 Å². The lowest BCUT2D eigenvalue weighted by Crippen LogP contribution is -2.48. The molecule has 0 heterocycles. The molecule has 124 valence electrons. The lowest BCUT2D eigenvalue weighted by atomic mass is 10.1. The molecule has 0 aliphatic heterocycles. The second kappa shape index (κ2) is 9.48. The summed E-state index contributed by atoms with van der Waals surface area (Å²) in [4.78, 5) is 55.2. The Morgan fingerprint density at radius 2 is 1.32 bits per heavy atom. The number of aldehydes is 1.